The number of rotatable bonds is 4. The van der Waals surface area contributed by atoms with Gasteiger partial charge in [0.1, 0.15) is 5.52 Å². The molecule has 0 radical (unpaired) electrons. The zero-order valence-electron chi connectivity index (χ0n) is 14.0. The number of aromatic nitrogens is 2. The minimum Gasteiger partial charge on any atom is -0.504 e. The number of nitrogens with zero attached hydrogens (tertiary/aromatic N) is 3. The Morgan fingerprint density at radius 1 is 1.12 bits per heavy atom. The van der Waals surface area contributed by atoms with Gasteiger partial charge in [0.15, 0.2) is 17.1 Å². The molecule has 26 heavy (non-hydrogen) atoms. The summed E-state index contributed by atoms with van der Waals surface area (Å²) in [4.78, 5) is 12.9. The van der Waals surface area contributed by atoms with E-state index in [9.17, 15) is 5.11 Å². The van der Waals surface area contributed by atoms with E-state index in [-0.39, 0.29) is 5.75 Å². The maximum Gasteiger partial charge on any atom is 0.227 e. The van der Waals surface area contributed by atoms with Gasteiger partial charge in [-0.2, -0.15) is 0 Å². The van der Waals surface area contributed by atoms with E-state index in [4.69, 9.17) is 9.15 Å². The topological polar surface area (TPSA) is 80.7 Å². The first-order chi connectivity index (χ1) is 12.7. The van der Waals surface area contributed by atoms with Crippen LogP contribution in [0.3, 0.4) is 0 Å². The highest BCUT2D eigenvalue weighted by Crippen LogP contribution is 2.29. The van der Waals surface area contributed by atoms with Crippen LogP contribution in [0.5, 0.6) is 11.5 Å². The van der Waals surface area contributed by atoms with E-state index >= 15 is 0 Å². The largest absolute Gasteiger partial charge is 0.504 e. The average molecular weight is 345 g/mol. The van der Waals surface area contributed by atoms with E-state index in [1.165, 1.54) is 7.11 Å². The lowest BCUT2D eigenvalue weighted by Crippen LogP contribution is -1.88. The number of aromatic hydroxyl groups is 1. The van der Waals surface area contributed by atoms with Gasteiger partial charge in [-0.25, -0.2) is 4.98 Å². The molecule has 1 N–H and O–H groups in total. The Balaban J connectivity index is 1.66. The molecule has 2 aromatic heterocycles. The minimum absolute atomic E-state index is 0.0567. The summed E-state index contributed by atoms with van der Waals surface area (Å²) in [5, 5.41) is 10.1. The van der Waals surface area contributed by atoms with Gasteiger partial charge in [0.25, 0.3) is 0 Å². The fraction of sp³-hybridized carbons (Fsp3) is 0.0500. The van der Waals surface area contributed by atoms with E-state index < -0.39 is 0 Å². The van der Waals surface area contributed by atoms with Gasteiger partial charge >= 0.3 is 0 Å². The van der Waals surface area contributed by atoms with Crippen molar-refractivity contribution in [1.82, 2.24) is 9.97 Å². The summed E-state index contributed by atoms with van der Waals surface area (Å²) in [5.74, 6) is 0.998. The molecular weight excluding hydrogens is 330 g/mol. The van der Waals surface area contributed by atoms with Gasteiger partial charge in [0, 0.05) is 29.7 Å². The Kier molecular flexibility index (Phi) is 4.07. The summed E-state index contributed by atoms with van der Waals surface area (Å²) >= 11 is 0. The van der Waals surface area contributed by atoms with Crippen LogP contribution < -0.4 is 4.74 Å². The lowest BCUT2D eigenvalue weighted by Gasteiger charge is -2.04. The van der Waals surface area contributed by atoms with Crippen LogP contribution in [-0.2, 0) is 0 Å². The molecule has 128 valence electrons. The second-order valence-corrected chi connectivity index (χ2v) is 5.56. The highest BCUT2D eigenvalue weighted by atomic mass is 16.5. The summed E-state index contributed by atoms with van der Waals surface area (Å²) < 4.78 is 10.9. The number of fused-ring (bicyclic) bond motifs is 1. The third kappa shape index (κ3) is 3.00. The predicted octanol–water partition coefficient (Wildman–Crippen LogP) is 4.35. The number of phenolic OH excluding ortho intramolecular Hbond substituents is 1. The Morgan fingerprint density at radius 2 is 1.96 bits per heavy atom. The fourth-order valence-corrected chi connectivity index (χ4v) is 2.57. The molecule has 0 spiro atoms. The summed E-state index contributed by atoms with van der Waals surface area (Å²) in [6, 6.07) is 14.4. The molecule has 0 aliphatic carbocycles. The molecule has 4 aromatic rings. The average Bonchev–Trinajstić information content (AvgIpc) is 3.11. The third-order valence-corrected chi connectivity index (χ3v) is 3.90. The second kappa shape index (κ2) is 6.68. The first-order valence-corrected chi connectivity index (χ1v) is 7.95. The van der Waals surface area contributed by atoms with Crippen LogP contribution in [0.2, 0.25) is 0 Å². The first-order valence-electron chi connectivity index (χ1n) is 7.95. The van der Waals surface area contributed by atoms with E-state index in [0.717, 1.165) is 5.56 Å². The predicted molar refractivity (Wildman–Crippen MR) is 99.2 cm³/mol. The van der Waals surface area contributed by atoms with Crippen LogP contribution >= 0.6 is 0 Å². The lowest BCUT2D eigenvalue weighted by atomic mass is 10.2. The van der Waals surface area contributed by atoms with E-state index in [1.807, 2.05) is 30.3 Å². The van der Waals surface area contributed by atoms with Gasteiger partial charge in [-0.3, -0.25) is 9.98 Å². The number of aliphatic imine (C=N–C) groups is 1. The van der Waals surface area contributed by atoms with Crippen molar-refractivity contribution in [3.8, 4) is 23.0 Å². The molecule has 0 amide bonds. The van der Waals surface area contributed by atoms with Crippen molar-refractivity contribution in [2.45, 2.75) is 0 Å². The molecule has 6 nitrogen and oxygen atoms in total. The first kappa shape index (κ1) is 15.8. The number of ether oxygens (including phenoxy) is 1. The van der Waals surface area contributed by atoms with Crippen LogP contribution in [0, 0.1) is 0 Å². The highest BCUT2D eigenvalue weighted by Gasteiger charge is 2.09. The SMILES string of the molecule is COc1cccc(C=Nc2ccc3oc(-c4ccncc4)nc3c2)c1O. The Bertz CT molecular complexity index is 1090. The molecule has 4 rings (SSSR count). The van der Waals surface area contributed by atoms with Gasteiger partial charge in [0.2, 0.25) is 5.89 Å². The van der Waals surface area contributed by atoms with Crippen LogP contribution in [-0.4, -0.2) is 28.4 Å². The van der Waals surface area contributed by atoms with E-state index in [1.54, 1.807) is 36.8 Å². The molecule has 0 aliphatic heterocycles. The van der Waals surface area contributed by atoms with Crippen LogP contribution in [0.25, 0.3) is 22.6 Å². The molecule has 0 unspecified atom stereocenters. The molecule has 0 saturated heterocycles. The number of phenols is 1. The fourth-order valence-electron chi connectivity index (χ4n) is 2.57. The lowest BCUT2D eigenvalue weighted by molar-refractivity contribution is 0.373. The molecule has 0 aliphatic rings. The van der Waals surface area contributed by atoms with Gasteiger partial charge < -0.3 is 14.3 Å². The van der Waals surface area contributed by atoms with Crippen molar-refractivity contribution in [2.24, 2.45) is 4.99 Å². The van der Waals surface area contributed by atoms with Crippen molar-refractivity contribution in [2.75, 3.05) is 7.11 Å². The standard InChI is InChI=1S/C20H15N3O3/c1-25-18-4-2-3-14(19(18)24)12-22-15-5-6-17-16(11-15)23-20(26-17)13-7-9-21-10-8-13/h2-12,24H,1H3. The molecular formula is C20H15N3O3. The number of para-hydroxylation sites is 1. The molecule has 0 atom stereocenters. The van der Waals surface area contributed by atoms with Crippen molar-refractivity contribution in [1.29, 1.82) is 0 Å². The molecule has 0 saturated carbocycles. The summed E-state index contributed by atoms with van der Waals surface area (Å²) in [6.07, 6.45) is 4.98. The Morgan fingerprint density at radius 3 is 2.77 bits per heavy atom. The van der Waals surface area contributed by atoms with Gasteiger partial charge in [-0.05, 0) is 42.5 Å². The number of methoxy groups -OCH3 is 1. The molecule has 2 heterocycles. The van der Waals surface area contributed by atoms with Crippen molar-refractivity contribution < 1.29 is 14.3 Å². The quantitative estimate of drug-likeness (QED) is 0.556. The smallest absolute Gasteiger partial charge is 0.227 e. The number of hydrogen-bond donors (Lipinski definition) is 1. The molecule has 0 fully saturated rings. The van der Waals surface area contributed by atoms with E-state index in [2.05, 4.69) is 15.0 Å². The normalized spacial score (nSPS) is 11.3. The van der Waals surface area contributed by atoms with Crippen molar-refractivity contribution in [3.63, 3.8) is 0 Å². The highest BCUT2D eigenvalue weighted by molar-refractivity contribution is 5.88. The van der Waals surface area contributed by atoms with Crippen molar-refractivity contribution >= 4 is 23.0 Å². The monoisotopic (exact) mass is 345 g/mol. The molecule has 6 heteroatoms. The van der Waals surface area contributed by atoms with Crippen LogP contribution in [0.1, 0.15) is 5.56 Å². The maximum absolute atomic E-state index is 10.1. The Labute approximate surface area is 149 Å². The van der Waals surface area contributed by atoms with Gasteiger partial charge in [-0.15, -0.1) is 0 Å². The summed E-state index contributed by atoms with van der Waals surface area (Å²) in [6.45, 7) is 0. The third-order valence-electron chi connectivity index (χ3n) is 3.90. The second-order valence-electron chi connectivity index (χ2n) is 5.56. The number of pyridine rings is 1. The molecule has 0 bridgehead atoms. The van der Waals surface area contributed by atoms with E-state index in [0.29, 0.717) is 34.0 Å². The van der Waals surface area contributed by atoms with Crippen molar-refractivity contribution in [3.05, 3.63) is 66.5 Å². The zero-order valence-corrected chi connectivity index (χ0v) is 14.0. The molecule has 2 aromatic carbocycles. The summed E-state index contributed by atoms with van der Waals surface area (Å²) in [5.41, 5.74) is 3.53. The van der Waals surface area contributed by atoms with Gasteiger partial charge in [-0.1, -0.05) is 6.07 Å². The number of hydrogen-bond acceptors (Lipinski definition) is 6. The minimum atomic E-state index is 0.0567. The zero-order chi connectivity index (χ0) is 17.9. The van der Waals surface area contributed by atoms with Crippen LogP contribution in [0.4, 0.5) is 5.69 Å². The van der Waals surface area contributed by atoms with Gasteiger partial charge in [0.05, 0.1) is 12.8 Å². The summed E-state index contributed by atoms with van der Waals surface area (Å²) in [7, 11) is 1.51. The number of benzene rings is 2. The number of oxazole rings is 1. The Hall–Kier alpha value is -3.67. The maximum atomic E-state index is 10.1. The van der Waals surface area contributed by atoms with Crippen LogP contribution in [0.15, 0.2) is 70.3 Å².